The van der Waals surface area contributed by atoms with Crippen LogP contribution in [0.4, 0.5) is 10.5 Å². The number of unbranched alkanes of at least 4 members (excludes halogenated alkanes) is 3. The molecule has 0 aliphatic carbocycles. The molecule has 0 aliphatic heterocycles. The van der Waals surface area contributed by atoms with Gasteiger partial charge in [0.25, 0.3) is 0 Å². The number of nitrogens with one attached hydrogen (secondary N) is 2. The van der Waals surface area contributed by atoms with Crippen LogP contribution in [0.3, 0.4) is 0 Å². The number of esters is 1. The van der Waals surface area contributed by atoms with E-state index in [2.05, 4.69) is 20.8 Å². The van der Waals surface area contributed by atoms with E-state index in [0.29, 0.717) is 31.2 Å². The molecule has 2 rings (SSSR count). The Labute approximate surface area is 152 Å². The highest BCUT2D eigenvalue weighted by Crippen LogP contribution is 2.20. The van der Waals surface area contributed by atoms with Crippen molar-refractivity contribution in [1.29, 1.82) is 0 Å². The van der Waals surface area contributed by atoms with Crippen LogP contribution in [-0.4, -0.2) is 35.3 Å². The van der Waals surface area contributed by atoms with Gasteiger partial charge in [0.15, 0.2) is 0 Å². The molecule has 1 aromatic heterocycles. The molecule has 0 saturated carbocycles. The van der Waals surface area contributed by atoms with Gasteiger partial charge in [-0.1, -0.05) is 18.9 Å². The summed E-state index contributed by atoms with van der Waals surface area (Å²) in [5, 5.41) is 13.1. The first-order chi connectivity index (χ1) is 12.7. The van der Waals surface area contributed by atoms with Crippen LogP contribution in [0.25, 0.3) is 11.5 Å². The number of anilines is 1. The van der Waals surface area contributed by atoms with Crippen LogP contribution in [0.1, 0.15) is 39.0 Å². The minimum atomic E-state index is -0.265. The lowest BCUT2D eigenvalue weighted by atomic mass is 10.1. The lowest BCUT2D eigenvalue weighted by molar-refractivity contribution is -0.143. The third-order valence-corrected chi connectivity index (χ3v) is 3.63. The molecule has 8 nitrogen and oxygen atoms in total. The highest BCUT2D eigenvalue weighted by molar-refractivity contribution is 5.89. The second-order valence-corrected chi connectivity index (χ2v) is 5.67. The van der Waals surface area contributed by atoms with Gasteiger partial charge in [0.05, 0.1) is 6.61 Å². The molecular formula is C18H24N4O4. The van der Waals surface area contributed by atoms with Crippen LogP contribution < -0.4 is 10.6 Å². The number of amides is 2. The summed E-state index contributed by atoms with van der Waals surface area (Å²) in [5.74, 6) is 0.254. The molecule has 26 heavy (non-hydrogen) atoms. The maximum absolute atomic E-state index is 11.9. The molecule has 0 aliphatic rings. The van der Waals surface area contributed by atoms with Gasteiger partial charge in [-0.25, -0.2) is 4.79 Å². The highest BCUT2D eigenvalue weighted by Gasteiger charge is 2.06. The molecule has 1 heterocycles. The van der Waals surface area contributed by atoms with E-state index < -0.39 is 0 Å². The van der Waals surface area contributed by atoms with Crippen LogP contribution >= 0.6 is 0 Å². The number of hydrogen-bond donors (Lipinski definition) is 2. The Kier molecular flexibility index (Phi) is 8.11. The van der Waals surface area contributed by atoms with Crippen molar-refractivity contribution in [3.8, 4) is 11.5 Å². The lowest BCUT2D eigenvalue weighted by Gasteiger charge is -2.08. The zero-order valence-electron chi connectivity index (χ0n) is 14.9. The van der Waals surface area contributed by atoms with Crippen molar-refractivity contribution >= 4 is 17.7 Å². The number of aromatic nitrogens is 2. The Morgan fingerprint density at radius 2 is 2.04 bits per heavy atom. The van der Waals surface area contributed by atoms with Crippen molar-refractivity contribution in [2.24, 2.45) is 0 Å². The van der Waals surface area contributed by atoms with E-state index in [1.54, 1.807) is 25.1 Å². The largest absolute Gasteiger partial charge is 0.466 e. The Balaban J connectivity index is 1.61. The first-order valence-corrected chi connectivity index (χ1v) is 8.76. The van der Waals surface area contributed by atoms with Crippen LogP contribution in [0, 0.1) is 0 Å². The summed E-state index contributed by atoms with van der Waals surface area (Å²) >= 11 is 0. The van der Waals surface area contributed by atoms with Gasteiger partial charge in [0.2, 0.25) is 12.3 Å². The fourth-order valence-corrected chi connectivity index (χ4v) is 2.39. The summed E-state index contributed by atoms with van der Waals surface area (Å²) in [6, 6.07) is 6.92. The van der Waals surface area contributed by atoms with E-state index in [-0.39, 0.29) is 12.0 Å². The Morgan fingerprint density at radius 3 is 2.81 bits per heavy atom. The van der Waals surface area contributed by atoms with Crippen molar-refractivity contribution < 1.29 is 18.7 Å². The molecule has 2 amide bonds. The molecule has 8 heteroatoms. The van der Waals surface area contributed by atoms with Gasteiger partial charge in [0.1, 0.15) is 0 Å². The second kappa shape index (κ2) is 10.9. The first-order valence-electron chi connectivity index (χ1n) is 8.76. The van der Waals surface area contributed by atoms with E-state index in [4.69, 9.17) is 9.15 Å². The molecule has 2 aromatic rings. The highest BCUT2D eigenvalue weighted by atomic mass is 16.5. The summed E-state index contributed by atoms with van der Waals surface area (Å²) in [6.45, 7) is 2.81. The zero-order chi connectivity index (χ0) is 18.6. The average Bonchev–Trinajstić information content (AvgIpc) is 3.16. The molecule has 0 radical (unpaired) electrons. The Hall–Kier alpha value is -2.90. The van der Waals surface area contributed by atoms with Crippen molar-refractivity contribution in [2.45, 2.75) is 39.0 Å². The summed E-state index contributed by atoms with van der Waals surface area (Å²) in [7, 11) is 0. The van der Waals surface area contributed by atoms with Crippen LogP contribution in [0.5, 0.6) is 0 Å². The predicted molar refractivity (Wildman–Crippen MR) is 96.5 cm³/mol. The van der Waals surface area contributed by atoms with Crippen molar-refractivity contribution in [3.05, 3.63) is 30.7 Å². The fraction of sp³-hybridized carbons (Fsp3) is 0.444. The zero-order valence-corrected chi connectivity index (χ0v) is 14.9. The predicted octanol–water partition coefficient (Wildman–Crippen LogP) is 3.37. The molecule has 0 bridgehead atoms. The van der Waals surface area contributed by atoms with E-state index in [1.165, 1.54) is 6.39 Å². The normalized spacial score (nSPS) is 10.3. The molecule has 2 N–H and O–H groups in total. The van der Waals surface area contributed by atoms with Crippen LogP contribution in [0.2, 0.25) is 0 Å². The van der Waals surface area contributed by atoms with Gasteiger partial charge in [0, 0.05) is 24.2 Å². The third kappa shape index (κ3) is 6.92. The van der Waals surface area contributed by atoms with E-state index in [9.17, 15) is 9.59 Å². The fourth-order valence-electron chi connectivity index (χ4n) is 2.39. The number of hydrogen-bond acceptors (Lipinski definition) is 6. The summed E-state index contributed by atoms with van der Waals surface area (Å²) in [5.41, 5.74) is 1.38. The summed E-state index contributed by atoms with van der Waals surface area (Å²) in [4.78, 5) is 23.1. The molecule has 140 valence electrons. The quantitative estimate of drug-likeness (QED) is 0.497. The molecule has 1 aromatic carbocycles. The smallest absolute Gasteiger partial charge is 0.319 e. The van der Waals surface area contributed by atoms with E-state index in [0.717, 1.165) is 31.2 Å². The molecule has 0 unspecified atom stereocenters. The molecule has 0 spiro atoms. The minimum absolute atomic E-state index is 0.146. The van der Waals surface area contributed by atoms with Crippen molar-refractivity contribution in [3.63, 3.8) is 0 Å². The molecule has 0 atom stereocenters. The van der Waals surface area contributed by atoms with Crippen molar-refractivity contribution in [1.82, 2.24) is 15.5 Å². The Morgan fingerprint density at radius 1 is 1.19 bits per heavy atom. The van der Waals surface area contributed by atoms with Gasteiger partial charge in [-0.15, -0.1) is 10.2 Å². The standard InChI is InChI=1S/C18H24N4O4/c1-2-25-16(23)10-5-3-4-6-11-19-18(24)21-15-9-7-8-14(12-15)17-22-20-13-26-17/h7-9,12-13H,2-6,10-11H2,1H3,(H2,19,21,24). The van der Waals surface area contributed by atoms with Crippen LogP contribution in [-0.2, 0) is 9.53 Å². The number of nitrogens with zero attached hydrogens (tertiary/aromatic N) is 2. The molecular weight excluding hydrogens is 336 g/mol. The maximum atomic E-state index is 11.9. The number of carbonyl (C=O) groups is 2. The average molecular weight is 360 g/mol. The number of urea groups is 1. The van der Waals surface area contributed by atoms with E-state index in [1.807, 2.05) is 6.07 Å². The van der Waals surface area contributed by atoms with Crippen LogP contribution in [0.15, 0.2) is 35.1 Å². The number of benzene rings is 1. The van der Waals surface area contributed by atoms with Gasteiger partial charge >= 0.3 is 12.0 Å². The number of ether oxygens (including phenoxy) is 1. The summed E-state index contributed by atoms with van der Waals surface area (Å²) < 4.78 is 10.0. The Bertz CT molecular complexity index is 688. The second-order valence-electron chi connectivity index (χ2n) is 5.67. The minimum Gasteiger partial charge on any atom is -0.466 e. The lowest BCUT2D eigenvalue weighted by Crippen LogP contribution is -2.29. The van der Waals surface area contributed by atoms with E-state index >= 15 is 0 Å². The van der Waals surface area contributed by atoms with Gasteiger partial charge < -0.3 is 19.8 Å². The number of carbonyl (C=O) groups excluding carboxylic acids is 2. The third-order valence-electron chi connectivity index (χ3n) is 3.63. The van der Waals surface area contributed by atoms with Gasteiger partial charge in [-0.05, 0) is 38.0 Å². The van der Waals surface area contributed by atoms with Gasteiger partial charge in [-0.3, -0.25) is 4.79 Å². The van der Waals surface area contributed by atoms with Gasteiger partial charge in [-0.2, -0.15) is 0 Å². The summed E-state index contributed by atoms with van der Waals surface area (Å²) in [6.07, 6.45) is 5.28. The molecule has 0 fully saturated rings. The number of rotatable bonds is 10. The first kappa shape index (κ1) is 19.4. The monoisotopic (exact) mass is 360 g/mol. The topological polar surface area (TPSA) is 106 Å². The SMILES string of the molecule is CCOC(=O)CCCCCCNC(=O)Nc1cccc(-c2nnco2)c1. The van der Waals surface area contributed by atoms with Crippen molar-refractivity contribution in [2.75, 3.05) is 18.5 Å². The molecule has 0 saturated heterocycles. The maximum Gasteiger partial charge on any atom is 0.319 e.